The largest absolute Gasteiger partial charge is 0.508 e. The van der Waals surface area contributed by atoms with E-state index in [1.165, 1.54) is 24.3 Å². The number of fused-ring (bicyclic) bond motifs is 6. The van der Waals surface area contributed by atoms with Crippen molar-refractivity contribution in [2.75, 3.05) is 64.4 Å². The van der Waals surface area contributed by atoms with Gasteiger partial charge in [-0.25, -0.2) is 13.8 Å². The second-order valence-electron chi connectivity index (χ2n) is 14.2. The van der Waals surface area contributed by atoms with Crippen LogP contribution >= 0.6 is 0 Å². The zero-order valence-electron chi connectivity index (χ0n) is 26.8. The number of phenols is 1. The first-order valence-corrected chi connectivity index (χ1v) is 16.8. The Morgan fingerprint density at radius 1 is 1.10 bits per heavy atom. The van der Waals surface area contributed by atoms with Gasteiger partial charge in [-0.2, -0.15) is 9.97 Å². The summed E-state index contributed by atoms with van der Waals surface area (Å²) in [4.78, 5) is 21.4. The van der Waals surface area contributed by atoms with Crippen LogP contribution in [0.4, 0.5) is 14.6 Å². The summed E-state index contributed by atoms with van der Waals surface area (Å²) in [7, 11) is 2.15. The summed E-state index contributed by atoms with van der Waals surface area (Å²) in [5, 5.41) is 15.5. The number of phenolic OH excluding ortho intramolecular Hbond substituents is 1. The number of nitrogens with zero attached hydrogens (tertiary/aromatic N) is 6. The normalized spacial score (nSPS) is 24.6. The molecule has 248 valence electrons. The molecule has 9 rings (SSSR count). The lowest BCUT2D eigenvalue weighted by Crippen LogP contribution is -2.60. The zero-order chi connectivity index (χ0) is 32.7. The van der Waals surface area contributed by atoms with Gasteiger partial charge in [-0.15, -0.1) is 6.42 Å². The number of hydrogen-bond acceptors (Lipinski definition) is 10. The molecule has 4 aliphatic heterocycles. The third-order valence-electron chi connectivity index (χ3n) is 11.0. The lowest BCUT2D eigenvalue weighted by molar-refractivity contribution is 0.107. The first kappa shape index (κ1) is 29.8. The van der Waals surface area contributed by atoms with E-state index >= 15 is 4.39 Å². The number of piperazine rings is 2. The van der Waals surface area contributed by atoms with Gasteiger partial charge in [0, 0.05) is 67.7 Å². The molecule has 12 heteroatoms. The molecule has 4 aromatic rings. The van der Waals surface area contributed by atoms with Gasteiger partial charge in [0.05, 0.1) is 18.2 Å². The molecule has 10 nitrogen and oxygen atoms in total. The molecule has 0 unspecified atom stereocenters. The summed E-state index contributed by atoms with van der Waals surface area (Å²) in [6, 6.07) is 6.08. The molecule has 2 N–H and O–H groups in total. The lowest BCUT2D eigenvalue weighted by Gasteiger charge is -2.40. The number of nitrogens with one attached hydrogen (secondary N) is 1. The predicted molar refractivity (Wildman–Crippen MR) is 177 cm³/mol. The number of likely N-dealkylation sites (N-methyl/N-ethyl adjacent to an activating group) is 1. The summed E-state index contributed by atoms with van der Waals surface area (Å²) in [6.45, 7) is 6.53. The summed E-state index contributed by atoms with van der Waals surface area (Å²) >= 11 is 0. The Kier molecular flexibility index (Phi) is 6.90. The van der Waals surface area contributed by atoms with Crippen molar-refractivity contribution in [2.24, 2.45) is 5.41 Å². The van der Waals surface area contributed by atoms with Gasteiger partial charge in [0.25, 0.3) is 0 Å². The Morgan fingerprint density at radius 2 is 1.94 bits per heavy atom. The Bertz CT molecular complexity index is 2010. The molecule has 1 saturated carbocycles. The molecule has 5 aliphatic rings. The molecule has 3 atom stereocenters. The van der Waals surface area contributed by atoms with Gasteiger partial charge in [-0.05, 0) is 56.3 Å². The Labute approximate surface area is 277 Å². The summed E-state index contributed by atoms with van der Waals surface area (Å²) in [5.41, 5.74) is -0.0285. The molecule has 2 aromatic heterocycles. The number of anilines is 1. The van der Waals surface area contributed by atoms with Gasteiger partial charge >= 0.3 is 6.01 Å². The van der Waals surface area contributed by atoms with Crippen LogP contribution in [0.2, 0.25) is 0 Å². The van der Waals surface area contributed by atoms with E-state index in [-0.39, 0.29) is 68.9 Å². The minimum atomic E-state index is -0.750. The Morgan fingerprint density at radius 3 is 2.73 bits per heavy atom. The maximum Gasteiger partial charge on any atom is 0.319 e. The zero-order valence-corrected chi connectivity index (χ0v) is 26.8. The maximum atomic E-state index is 17.1. The van der Waals surface area contributed by atoms with Crippen LogP contribution in [0.3, 0.4) is 0 Å². The second-order valence-corrected chi connectivity index (χ2v) is 14.2. The fourth-order valence-electron chi connectivity index (χ4n) is 8.14. The smallest absolute Gasteiger partial charge is 0.319 e. The molecule has 0 spiro atoms. The van der Waals surface area contributed by atoms with E-state index in [1.807, 2.05) is 0 Å². The monoisotopic (exact) mass is 653 g/mol. The highest BCUT2D eigenvalue weighted by Crippen LogP contribution is 2.48. The Hall–Kier alpha value is -4.31. The first-order valence-electron chi connectivity index (χ1n) is 16.8. The maximum absolute atomic E-state index is 17.1. The molecular weight excluding hydrogens is 616 g/mol. The summed E-state index contributed by atoms with van der Waals surface area (Å²) in [6.07, 6.45) is 9.90. The van der Waals surface area contributed by atoms with E-state index in [1.54, 1.807) is 0 Å². The van der Waals surface area contributed by atoms with Crippen molar-refractivity contribution >= 4 is 27.5 Å². The molecule has 4 fully saturated rings. The average Bonchev–Trinajstić information content (AvgIpc) is 3.78. The van der Waals surface area contributed by atoms with Crippen molar-refractivity contribution < 1.29 is 23.4 Å². The van der Waals surface area contributed by atoms with Crippen LogP contribution in [0.15, 0.2) is 24.3 Å². The Balaban J connectivity index is 1.17. The van der Waals surface area contributed by atoms with Crippen molar-refractivity contribution in [1.29, 1.82) is 0 Å². The molecule has 0 radical (unpaired) electrons. The SMILES string of the molecule is C#Cc1c(F)ccc2cc(O)cc(-c3nc4c5c(nc(OCC6(CN7CCN(C)CC7)CC6)nc5c3F)N3C[C@H]5CC[C@H](N5)[C@H]3CO4)c12. The molecule has 2 aromatic carbocycles. The number of ether oxygens (including phenoxy) is 2. The van der Waals surface area contributed by atoms with Gasteiger partial charge in [-0.1, -0.05) is 12.0 Å². The minimum Gasteiger partial charge on any atom is -0.508 e. The standard InChI is InChI=1S/C36H37F2N7O3/c1-3-23-25(37)6-4-20-14-22(46)15-24(28(20)23)31-30(38)32-29-33(45-16-21-5-7-26(39-21)27(45)17-47-34(29)40-31)42-35(41-32)48-19-36(8-9-36)18-44-12-10-43(2)11-13-44/h1,4,6,14-15,21,26-27,39,46H,5,7-13,16-19H2,2H3/t21-,26+,27-/m1/s1. The van der Waals surface area contributed by atoms with Crippen molar-refractivity contribution in [3.8, 4) is 41.2 Å². The lowest BCUT2D eigenvalue weighted by atomic mass is 9.95. The van der Waals surface area contributed by atoms with E-state index in [4.69, 9.17) is 25.9 Å². The van der Waals surface area contributed by atoms with Gasteiger partial charge < -0.3 is 34.6 Å². The van der Waals surface area contributed by atoms with Crippen molar-refractivity contribution in [3.05, 3.63) is 41.5 Å². The van der Waals surface area contributed by atoms with Crippen molar-refractivity contribution in [2.45, 2.75) is 43.8 Å². The summed E-state index contributed by atoms with van der Waals surface area (Å²) in [5.74, 6) is 1.62. The van der Waals surface area contributed by atoms with Crippen LogP contribution in [0.5, 0.6) is 17.6 Å². The fourth-order valence-corrected chi connectivity index (χ4v) is 8.14. The number of aromatic nitrogens is 3. The fraction of sp³-hybridized carbons (Fsp3) is 0.472. The number of pyridine rings is 1. The van der Waals surface area contributed by atoms with Crippen LogP contribution in [-0.2, 0) is 0 Å². The highest BCUT2D eigenvalue weighted by Gasteiger charge is 2.46. The van der Waals surface area contributed by atoms with Crippen LogP contribution < -0.4 is 19.7 Å². The first-order chi connectivity index (χ1) is 23.3. The van der Waals surface area contributed by atoms with Crippen LogP contribution in [0, 0.1) is 29.4 Å². The van der Waals surface area contributed by atoms with E-state index in [0.29, 0.717) is 36.3 Å². The minimum absolute atomic E-state index is 0.000554. The molecular formula is C36H37F2N7O3. The van der Waals surface area contributed by atoms with Gasteiger partial charge in [-0.3, -0.25) is 0 Å². The van der Waals surface area contributed by atoms with Crippen molar-refractivity contribution in [1.82, 2.24) is 30.1 Å². The number of halogens is 2. The molecule has 2 bridgehead atoms. The van der Waals surface area contributed by atoms with Crippen molar-refractivity contribution in [3.63, 3.8) is 0 Å². The van der Waals surface area contributed by atoms with E-state index in [0.717, 1.165) is 58.4 Å². The predicted octanol–water partition coefficient (Wildman–Crippen LogP) is 3.92. The quantitative estimate of drug-likeness (QED) is 0.298. The van der Waals surface area contributed by atoms with Gasteiger partial charge in [0.1, 0.15) is 40.6 Å². The molecule has 0 amide bonds. The average molecular weight is 654 g/mol. The molecule has 48 heavy (non-hydrogen) atoms. The molecule has 6 heterocycles. The second kappa shape index (κ2) is 11.1. The number of benzene rings is 2. The van der Waals surface area contributed by atoms with Crippen LogP contribution in [-0.4, -0.2) is 108 Å². The topological polar surface area (TPSA) is 99.1 Å². The molecule has 3 saturated heterocycles. The molecule has 1 aliphatic carbocycles. The summed E-state index contributed by atoms with van der Waals surface area (Å²) < 4.78 is 44.8. The van der Waals surface area contributed by atoms with E-state index in [9.17, 15) is 9.50 Å². The van der Waals surface area contributed by atoms with E-state index in [2.05, 4.69) is 38.0 Å². The third-order valence-corrected chi connectivity index (χ3v) is 11.0. The van der Waals surface area contributed by atoms with Crippen LogP contribution in [0.1, 0.15) is 31.2 Å². The van der Waals surface area contributed by atoms with Crippen LogP contribution in [0.25, 0.3) is 32.9 Å². The number of aromatic hydroxyl groups is 1. The number of rotatable bonds is 6. The third kappa shape index (κ3) is 4.90. The number of terminal acetylenes is 1. The highest BCUT2D eigenvalue weighted by atomic mass is 19.1. The van der Waals surface area contributed by atoms with Gasteiger partial charge in [0.15, 0.2) is 5.82 Å². The number of hydrogen-bond donors (Lipinski definition) is 2. The van der Waals surface area contributed by atoms with Gasteiger partial charge in [0.2, 0.25) is 5.88 Å². The van der Waals surface area contributed by atoms with E-state index < -0.39 is 11.6 Å². The highest BCUT2D eigenvalue weighted by molar-refractivity contribution is 6.04.